The van der Waals surface area contributed by atoms with Crippen molar-refractivity contribution in [1.82, 2.24) is 5.32 Å². The molecule has 0 saturated heterocycles. The summed E-state index contributed by atoms with van der Waals surface area (Å²) in [5.74, 6) is 2.70. The first kappa shape index (κ1) is 22.3. The van der Waals surface area contributed by atoms with Gasteiger partial charge in [-0.15, -0.1) is 0 Å². The fourth-order valence-electron chi connectivity index (χ4n) is 2.40. The van der Waals surface area contributed by atoms with Crippen LogP contribution < -0.4 is 24.3 Å². The van der Waals surface area contributed by atoms with E-state index in [1.54, 1.807) is 36.4 Å². The Balaban J connectivity index is 2.26. The fraction of sp³-hybridized carbons (Fsp3) is 0.250. The van der Waals surface area contributed by atoms with E-state index in [1.165, 1.54) is 28.4 Å². The van der Waals surface area contributed by atoms with Crippen LogP contribution in [0, 0.1) is 0 Å². The number of methoxy groups -OCH3 is 4. The van der Waals surface area contributed by atoms with E-state index in [2.05, 4.69) is 10.3 Å². The number of nitrogens with zero attached hydrogens (tertiary/aromatic N) is 1. The molecule has 154 valence electrons. The summed E-state index contributed by atoms with van der Waals surface area (Å²) in [6.45, 7) is 0. The van der Waals surface area contributed by atoms with Crippen LogP contribution in [0.5, 0.6) is 23.0 Å². The number of amidine groups is 1. The SMILES string of the molecule is COc1ccc(C(=O)N=C(NC(=O)c2ccc(OC)cc2OC)[Se]C)c(OC)c1. The number of carbonyl (C=O) groups excluding carboxylic acids is 2. The van der Waals surface area contributed by atoms with Gasteiger partial charge in [0.2, 0.25) is 0 Å². The molecule has 0 fully saturated rings. The second-order valence-corrected chi connectivity index (χ2v) is 7.18. The maximum absolute atomic E-state index is 12.7. The molecule has 0 aliphatic carbocycles. The molecule has 0 unspecified atom stereocenters. The maximum atomic E-state index is 12.7. The van der Waals surface area contributed by atoms with E-state index in [-0.39, 0.29) is 25.3 Å². The zero-order valence-electron chi connectivity index (χ0n) is 16.8. The van der Waals surface area contributed by atoms with Crippen molar-refractivity contribution in [2.24, 2.45) is 4.99 Å². The van der Waals surface area contributed by atoms with Gasteiger partial charge in [0.05, 0.1) is 0 Å². The Kier molecular flexibility index (Phi) is 8.06. The van der Waals surface area contributed by atoms with Crippen LogP contribution in [0.2, 0.25) is 5.82 Å². The van der Waals surface area contributed by atoms with Crippen molar-refractivity contribution in [2.45, 2.75) is 5.82 Å². The van der Waals surface area contributed by atoms with Crippen molar-refractivity contribution < 1.29 is 28.5 Å². The molecule has 0 spiro atoms. The summed E-state index contributed by atoms with van der Waals surface area (Å²) in [7, 11) is 5.97. The van der Waals surface area contributed by atoms with Gasteiger partial charge in [-0.3, -0.25) is 0 Å². The topological polar surface area (TPSA) is 95.5 Å². The third kappa shape index (κ3) is 5.49. The van der Waals surface area contributed by atoms with E-state index in [4.69, 9.17) is 18.9 Å². The van der Waals surface area contributed by atoms with Crippen LogP contribution in [0.4, 0.5) is 0 Å². The van der Waals surface area contributed by atoms with Crippen LogP contribution in [-0.4, -0.2) is 59.9 Å². The standard InChI is InChI=1S/C20H22N2O6Se/c1-25-12-6-8-14(16(10-12)27-3)18(23)21-20(29-5)22-19(24)15-9-7-13(26-2)11-17(15)28-4/h6-11H,1-5H3,(H,21,22,23,24). The van der Waals surface area contributed by atoms with Crippen LogP contribution >= 0.6 is 0 Å². The van der Waals surface area contributed by atoms with Crippen LogP contribution in [0.15, 0.2) is 41.4 Å². The summed E-state index contributed by atoms with van der Waals surface area (Å²) in [4.78, 5) is 29.4. The summed E-state index contributed by atoms with van der Waals surface area (Å²) >= 11 is -0.245. The van der Waals surface area contributed by atoms with E-state index < -0.39 is 11.8 Å². The zero-order valence-corrected chi connectivity index (χ0v) is 18.5. The first-order valence-corrected chi connectivity index (χ1v) is 11.0. The van der Waals surface area contributed by atoms with Gasteiger partial charge in [-0.1, -0.05) is 0 Å². The van der Waals surface area contributed by atoms with E-state index in [1.807, 2.05) is 5.82 Å². The summed E-state index contributed by atoms with van der Waals surface area (Å²) < 4.78 is 21.1. The Morgan fingerprint density at radius 2 is 1.34 bits per heavy atom. The number of hydrogen-bond donors (Lipinski definition) is 1. The number of nitrogens with one attached hydrogen (secondary N) is 1. The van der Waals surface area contributed by atoms with Crippen molar-refractivity contribution in [3.8, 4) is 23.0 Å². The molecule has 8 nitrogen and oxygen atoms in total. The first-order chi connectivity index (χ1) is 14.0. The molecule has 29 heavy (non-hydrogen) atoms. The van der Waals surface area contributed by atoms with E-state index in [9.17, 15) is 9.59 Å². The third-order valence-electron chi connectivity index (χ3n) is 3.91. The summed E-state index contributed by atoms with van der Waals surface area (Å²) in [6.07, 6.45) is 0. The Labute approximate surface area is 175 Å². The molecule has 0 bridgehead atoms. The molecule has 0 atom stereocenters. The Bertz CT molecular complexity index is 929. The van der Waals surface area contributed by atoms with Gasteiger partial charge in [-0.2, -0.15) is 0 Å². The molecule has 0 heterocycles. The van der Waals surface area contributed by atoms with Gasteiger partial charge in [0.1, 0.15) is 0 Å². The number of amides is 2. The van der Waals surface area contributed by atoms with Gasteiger partial charge < -0.3 is 0 Å². The number of rotatable bonds is 7. The Morgan fingerprint density at radius 3 is 1.83 bits per heavy atom. The van der Waals surface area contributed by atoms with E-state index >= 15 is 0 Å². The third-order valence-corrected chi connectivity index (χ3v) is 5.13. The van der Waals surface area contributed by atoms with Gasteiger partial charge in [0, 0.05) is 0 Å². The second-order valence-electron chi connectivity index (χ2n) is 5.51. The molecule has 9 heteroatoms. The summed E-state index contributed by atoms with van der Waals surface area (Å²) in [6, 6.07) is 9.65. The number of hydrogen-bond acceptors (Lipinski definition) is 6. The number of ether oxygens (including phenoxy) is 4. The van der Waals surface area contributed by atoms with Gasteiger partial charge >= 0.3 is 175 Å². The van der Waals surface area contributed by atoms with Crippen molar-refractivity contribution in [2.75, 3.05) is 28.4 Å². The predicted molar refractivity (Wildman–Crippen MR) is 110 cm³/mol. The van der Waals surface area contributed by atoms with Crippen LogP contribution in [0.1, 0.15) is 20.7 Å². The molecule has 0 aromatic heterocycles. The average molecular weight is 465 g/mol. The molecule has 2 aromatic rings. The number of aliphatic imine (C=N–C) groups is 1. The summed E-state index contributed by atoms with van der Waals surface area (Å²) in [5.41, 5.74) is 0.575. The normalized spacial score (nSPS) is 10.9. The van der Waals surface area contributed by atoms with E-state index in [0.29, 0.717) is 28.6 Å². The zero-order chi connectivity index (χ0) is 21.4. The predicted octanol–water partition coefficient (Wildman–Crippen LogP) is 2.40. The molecular weight excluding hydrogens is 443 g/mol. The van der Waals surface area contributed by atoms with Gasteiger partial charge in [0.25, 0.3) is 0 Å². The molecule has 0 aliphatic rings. The molecule has 2 rings (SSSR count). The van der Waals surface area contributed by atoms with Crippen LogP contribution in [0.25, 0.3) is 0 Å². The van der Waals surface area contributed by atoms with Crippen molar-refractivity contribution in [3.63, 3.8) is 0 Å². The molecule has 2 aromatic carbocycles. The van der Waals surface area contributed by atoms with Crippen LogP contribution in [-0.2, 0) is 0 Å². The quantitative estimate of drug-likeness (QED) is 0.383. The first-order valence-electron chi connectivity index (χ1n) is 8.39. The number of carbonyl (C=O) groups is 2. The second kappa shape index (κ2) is 10.5. The average Bonchev–Trinajstić information content (AvgIpc) is 2.77. The molecule has 2 amide bonds. The minimum absolute atomic E-state index is 0.245. The number of benzene rings is 2. The Hall–Kier alpha value is -3.03. The van der Waals surface area contributed by atoms with Gasteiger partial charge in [-0.25, -0.2) is 0 Å². The molecule has 0 radical (unpaired) electrons. The van der Waals surface area contributed by atoms with Gasteiger partial charge in [-0.05, 0) is 0 Å². The molecule has 0 aliphatic heterocycles. The van der Waals surface area contributed by atoms with Crippen molar-refractivity contribution in [3.05, 3.63) is 47.5 Å². The van der Waals surface area contributed by atoms with Gasteiger partial charge in [0.15, 0.2) is 0 Å². The summed E-state index contributed by atoms with van der Waals surface area (Å²) in [5, 5.41) is 2.69. The Morgan fingerprint density at radius 1 is 0.828 bits per heavy atom. The molecule has 1 N–H and O–H groups in total. The fourth-order valence-corrected chi connectivity index (χ4v) is 3.18. The van der Waals surface area contributed by atoms with Crippen LogP contribution in [0.3, 0.4) is 0 Å². The molecular formula is C20H22N2O6Se. The monoisotopic (exact) mass is 466 g/mol. The van der Waals surface area contributed by atoms with E-state index in [0.717, 1.165) is 0 Å². The van der Waals surface area contributed by atoms with Crippen molar-refractivity contribution in [1.29, 1.82) is 0 Å². The van der Waals surface area contributed by atoms with Crippen molar-refractivity contribution >= 4 is 31.5 Å². The molecule has 0 saturated carbocycles. The minimum atomic E-state index is -0.523.